The van der Waals surface area contributed by atoms with Gasteiger partial charge in [-0.15, -0.1) is 11.3 Å². The molecule has 1 aliphatic rings. The van der Waals surface area contributed by atoms with Gasteiger partial charge in [0.15, 0.2) is 0 Å². The van der Waals surface area contributed by atoms with E-state index in [0.717, 1.165) is 24.2 Å². The number of nitrogens with zero attached hydrogens (tertiary/aromatic N) is 3. The summed E-state index contributed by atoms with van der Waals surface area (Å²) in [5.41, 5.74) is 11.3. The Kier molecular flexibility index (Phi) is 4.77. The molecule has 5 N–H and O–H groups in total. The molecule has 0 bridgehead atoms. The summed E-state index contributed by atoms with van der Waals surface area (Å²) in [6.07, 6.45) is 5.72. The number of hydrogen-bond donors (Lipinski definition) is 3. The zero-order valence-electron chi connectivity index (χ0n) is 12.6. The maximum atomic E-state index is 11.2. The molecule has 4 rings (SSSR count). The summed E-state index contributed by atoms with van der Waals surface area (Å²) in [5.74, 6) is -0.115. The molecule has 0 aromatic carbocycles. The molecule has 7 nitrogen and oxygen atoms in total. The Hall–Kier alpha value is -2.45. The zero-order valence-corrected chi connectivity index (χ0v) is 14.1. The Labute approximate surface area is 147 Å². The largest absolute Gasteiger partial charge is 0.397 e. The van der Waals surface area contributed by atoms with Crippen LogP contribution in [0.1, 0.15) is 22.5 Å². The van der Waals surface area contributed by atoms with Crippen molar-refractivity contribution in [2.24, 2.45) is 5.73 Å². The number of hydrogen-bond acceptors (Lipinski definition) is 7. The van der Waals surface area contributed by atoms with Gasteiger partial charge in [0.05, 0.1) is 11.1 Å². The van der Waals surface area contributed by atoms with E-state index in [1.54, 1.807) is 12.4 Å². The molecule has 1 amide bonds. The van der Waals surface area contributed by atoms with Crippen molar-refractivity contribution in [3.8, 4) is 0 Å². The molecule has 1 aliphatic carbocycles. The first-order valence-corrected chi connectivity index (χ1v) is 8.42. The van der Waals surface area contributed by atoms with Gasteiger partial charge in [-0.1, -0.05) is 17.7 Å². The molecule has 3 aromatic heterocycles. The molecular weight excluding hydrogens is 348 g/mol. The second-order valence-corrected chi connectivity index (χ2v) is 6.53. The molecule has 0 unspecified atom stereocenters. The van der Waals surface area contributed by atoms with Crippen LogP contribution in [0.3, 0.4) is 0 Å². The quantitative estimate of drug-likeness (QED) is 0.616. The highest BCUT2D eigenvalue weighted by atomic mass is 35.5. The van der Waals surface area contributed by atoms with Crippen LogP contribution in [0.2, 0.25) is 5.15 Å². The molecule has 1 saturated carbocycles. The van der Waals surface area contributed by atoms with Crippen LogP contribution in [0.15, 0.2) is 30.6 Å². The standard InChI is InChI=1S/C10H10ClN5OS.C5H5N/c11-7-4-5(12)6(8(13)17)18-9(4)16-10(15-7)14-3-1-2-3;1-2-4-6-5-3-1/h3H,1-2,12H2,(H2,13,17)(H,14,15,16);1-5H. The van der Waals surface area contributed by atoms with E-state index >= 15 is 0 Å². The summed E-state index contributed by atoms with van der Waals surface area (Å²) in [5, 5.41) is 3.89. The first kappa shape index (κ1) is 16.4. The fourth-order valence-electron chi connectivity index (χ4n) is 1.95. The lowest BCUT2D eigenvalue weighted by molar-refractivity contribution is 0.100. The number of amides is 1. The normalized spacial score (nSPS) is 13.2. The van der Waals surface area contributed by atoms with E-state index in [-0.39, 0.29) is 15.7 Å². The van der Waals surface area contributed by atoms with Gasteiger partial charge in [-0.2, -0.15) is 0 Å². The lowest BCUT2D eigenvalue weighted by atomic mass is 10.3. The fourth-order valence-corrected chi connectivity index (χ4v) is 3.22. The molecule has 3 aromatic rings. The molecule has 0 atom stereocenters. The first-order chi connectivity index (χ1) is 11.6. The molecule has 124 valence electrons. The number of fused-ring (bicyclic) bond motifs is 1. The van der Waals surface area contributed by atoms with E-state index in [1.807, 2.05) is 18.2 Å². The molecule has 1 fully saturated rings. The number of thiophene rings is 1. The number of rotatable bonds is 3. The van der Waals surface area contributed by atoms with Crippen molar-refractivity contribution in [2.45, 2.75) is 18.9 Å². The summed E-state index contributed by atoms with van der Waals surface area (Å²) >= 11 is 7.21. The summed E-state index contributed by atoms with van der Waals surface area (Å²) < 4.78 is 0. The number of primary amides is 1. The lowest BCUT2D eigenvalue weighted by Gasteiger charge is -2.03. The molecule has 0 aliphatic heterocycles. The number of carbonyl (C=O) groups is 1. The average Bonchev–Trinajstić information content (AvgIpc) is 3.31. The molecule has 0 spiro atoms. The summed E-state index contributed by atoms with van der Waals surface area (Å²) in [7, 11) is 0. The predicted molar refractivity (Wildman–Crippen MR) is 96.2 cm³/mol. The topological polar surface area (TPSA) is 120 Å². The van der Waals surface area contributed by atoms with Crippen molar-refractivity contribution in [3.63, 3.8) is 0 Å². The highest BCUT2D eigenvalue weighted by molar-refractivity contribution is 7.21. The number of nitrogen functional groups attached to an aromatic ring is 1. The van der Waals surface area contributed by atoms with Crippen LogP contribution >= 0.6 is 22.9 Å². The monoisotopic (exact) mass is 362 g/mol. The van der Waals surface area contributed by atoms with Crippen LogP contribution in [0.25, 0.3) is 10.2 Å². The van der Waals surface area contributed by atoms with Gasteiger partial charge >= 0.3 is 0 Å². The molecule has 3 heterocycles. The van der Waals surface area contributed by atoms with Crippen LogP contribution in [-0.4, -0.2) is 26.9 Å². The van der Waals surface area contributed by atoms with E-state index in [1.165, 1.54) is 0 Å². The number of carbonyl (C=O) groups excluding carboxylic acids is 1. The summed E-state index contributed by atoms with van der Waals surface area (Å²) in [6.45, 7) is 0. The number of nitrogens with two attached hydrogens (primary N) is 2. The van der Waals surface area contributed by atoms with Crippen LogP contribution in [0, 0.1) is 0 Å². The van der Waals surface area contributed by atoms with Crippen molar-refractivity contribution >= 4 is 50.7 Å². The van der Waals surface area contributed by atoms with Gasteiger partial charge in [0.1, 0.15) is 14.9 Å². The maximum absolute atomic E-state index is 11.2. The van der Waals surface area contributed by atoms with Crippen molar-refractivity contribution < 1.29 is 4.79 Å². The third kappa shape index (κ3) is 3.72. The SMILES string of the molecule is NC(=O)c1sc2nc(NC3CC3)nc(Cl)c2c1N.c1ccncc1. The molecular formula is C15H15ClN6OS. The van der Waals surface area contributed by atoms with Gasteiger partial charge in [0.25, 0.3) is 5.91 Å². The third-order valence-corrected chi connectivity index (χ3v) is 4.63. The first-order valence-electron chi connectivity index (χ1n) is 7.23. The minimum absolute atomic E-state index is 0.240. The smallest absolute Gasteiger partial charge is 0.260 e. The van der Waals surface area contributed by atoms with Crippen LogP contribution < -0.4 is 16.8 Å². The van der Waals surface area contributed by atoms with E-state index in [2.05, 4.69) is 20.3 Å². The molecule has 24 heavy (non-hydrogen) atoms. The zero-order chi connectivity index (χ0) is 17.1. The molecule has 9 heteroatoms. The van der Waals surface area contributed by atoms with E-state index in [9.17, 15) is 4.79 Å². The van der Waals surface area contributed by atoms with Gasteiger partial charge in [-0.25, -0.2) is 9.97 Å². The Balaban J connectivity index is 0.000000238. The van der Waals surface area contributed by atoms with Crippen LogP contribution in [-0.2, 0) is 0 Å². The summed E-state index contributed by atoms with van der Waals surface area (Å²) in [4.78, 5) is 24.3. The highest BCUT2D eigenvalue weighted by Crippen LogP contribution is 2.37. The van der Waals surface area contributed by atoms with Gasteiger partial charge in [0, 0.05) is 18.4 Å². The van der Waals surface area contributed by atoms with Crippen molar-refractivity contribution in [3.05, 3.63) is 40.6 Å². The second-order valence-electron chi connectivity index (χ2n) is 5.17. The Bertz CT molecular complexity index is 839. The molecule has 0 saturated heterocycles. The van der Waals surface area contributed by atoms with Crippen molar-refractivity contribution in [1.29, 1.82) is 0 Å². The number of pyridine rings is 1. The maximum Gasteiger partial charge on any atom is 0.260 e. The van der Waals surface area contributed by atoms with Crippen LogP contribution in [0.5, 0.6) is 0 Å². The summed E-state index contributed by atoms with van der Waals surface area (Å²) in [6, 6.07) is 6.14. The number of aromatic nitrogens is 3. The molecule has 0 radical (unpaired) electrons. The van der Waals surface area contributed by atoms with E-state index in [4.69, 9.17) is 23.1 Å². The van der Waals surface area contributed by atoms with Gasteiger partial charge in [0.2, 0.25) is 5.95 Å². The van der Waals surface area contributed by atoms with E-state index < -0.39 is 5.91 Å². The van der Waals surface area contributed by atoms with Crippen molar-refractivity contribution in [2.75, 3.05) is 11.1 Å². The number of halogens is 1. The predicted octanol–water partition coefficient (Wildman–Crippen LogP) is 2.68. The third-order valence-electron chi connectivity index (χ3n) is 3.25. The van der Waals surface area contributed by atoms with E-state index in [0.29, 0.717) is 22.2 Å². The second kappa shape index (κ2) is 6.98. The van der Waals surface area contributed by atoms with Crippen molar-refractivity contribution in [1.82, 2.24) is 15.0 Å². The lowest BCUT2D eigenvalue weighted by Crippen LogP contribution is -2.10. The fraction of sp³-hybridized carbons (Fsp3) is 0.200. The van der Waals surface area contributed by atoms with Gasteiger partial charge < -0.3 is 16.8 Å². The highest BCUT2D eigenvalue weighted by Gasteiger charge is 2.24. The Morgan fingerprint density at radius 2 is 1.96 bits per heavy atom. The minimum atomic E-state index is -0.580. The number of nitrogens with one attached hydrogen (secondary N) is 1. The van der Waals surface area contributed by atoms with Crippen LogP contribution in [0.4, 0.5) is 11.6 Å². The Morgan fingerprint density at radius 1 is 1.25 bits per heavy atom. The van der Waals surface area contributed by atoms with Gasteiger partial charge in [-0.05, 0) is 25.0 Å². The minimum Gasteiger partial charge on any atom is -0.397 e. The Morgan fingerprint density at radius 3 is 2.46 bits per heavy atom. The van der Waals surface area contributed by atoms with Gasteiger partial charge in [-0.3, -0.25) is 9.78 Å². The number of anilines is 2. The average molecular weight is 363 g/mol.